The summed E-state index contributed by atoms with van der Waals surface area (Å²) < 4.78 is 5.75. The van der Waals surface area contributed by atoms with Gasteiger partial charge < -0.3 is 10.5 Å². The molecule has 0 aliphatic heterocycles. The van der Waals surface area contributed by atoms with Gasteiger partial charge in [0.15, 0.2) is 0 Å². The summed E-state index contributed by atoms with van der Waals surface area (Å²) in [5.74, 6) is 1.63. The Morgan fingerprint density at radius 2 is 1.94 bits per heavy atom. The van der Waals surface area contributed by atoms with Gasteiger partial charge in [-0.3, -0.25) is 4.90 Å². The van der Waals surface area contributed by atoms with Crippen LogP contribution in [-0.2, 0) is 0 Å². The molecule has 1 aromatic rings. The van der Waals surface area contributed by atoms with E-state index in [1.165, 1.54) is 19.4 Å². The summed E-state index contributed by atoms with van der Waals surface area (Å²) in [5, 5.41) is 0. The highest BCUT2D eigenvalue weighted by molar-refractivity contribution is 5.41. The first kappa shape index (κ1) is 13.2. The van der Waals surface area contributed by atoms with Crippen LogP contribution in [0.5, 0.6) is 5.75 Å². The molecule has 3 nitrogen and oxygen atoms in total. The van der Waals surface area contributed by atoms with Crippen molar-refractivity contribution in [3.8, 4) is 5.75 Å². The average molecular weight is 248 g/mol. The van der Waals surface area contributed by atoms with E-state index in [0.29, 0.717) is 0 Å². The number of anilines is 1. The number of nitrogens with zero attached hydrogens (tertiary/aromatic N) is 1. The molecule has 0 aromatic heterocycles. The Labute approximate surface area is 110 Å². The second-order valence-corrected chi connectivity index (χ2v) is 5.54. The Morgan fingerprint density at radius 1 is 1.28 bits per heavy atom. The first-order chi connectivity index (χ1) is 8.65. The molecule has 0 amide bonds. The molecule has 0 spiro atoms. The van der Waals surface area contributed by atoms with Crippen molar-refractivity contribution in [1.29, 1.82) is 0 Å². The number of hydrogen-bond donors (Lipinski definition) is 1. The highest BCUT2D eigenvalue weighted by Crippen LogP contribution is 2.27. The van der Waals surface area contributed by atoms with Crippen molar-refractivity contribution >= 4 is 5.69 Å². The lowest BCUT2D eigenvalue weighted by atomic mass is 10.2. The Hall–Kier alpha value is -1.22. The highest BCUT2D eigenvalue weighted by atomic mass is 16.5. The lowest BCUT2D eigenvalue weighted by Crippen LogP contribution is -2.33. The van der Waals surface area contributed by atoms with Gasteiger partial charge in [-0.05, 0) is 43.0 Å². The van der Waals surface area contributed by atoms with Crippen molar-refractivity contribution in [3.05, 3.63) is 24.3 Å². The maximum atomic E-state index is 5.75. The summed E-state index contributed by atoms with van der Waals surface area (Å²) >= 11 is 0. The smallest absolute Gasteiger partial charge is 0.119 e. The van der Waals surface area contributed by atoms with E-state index in [9.17, 15) is 0 Å². The van der Waals surface area contributed by atoms with Crippen LogP contribution >= 0.6 is 0 Å². The van der Waals surface area contributed by atoms with E-state index in [4.69, 9.17) is 10.5 Å². The lowest BCUT2D eigenvalue weighted by molar-refractivity contribution is 0.185. The number of benzene rings is 1. The van der Waals surface area contributed by atoms with E-state index in [0.717, 1.165) is 36.5 Å². The number of hydrogen-bond acceptors (Lipinski definition) is 3. The molecule has 1 saturated carbocycles. The van der Waals surface area contributed by atoms with Gasteiger partial charge in [-0.1, -0.05) is 13.8 Å². The molecule has 3 heteroatoms. The molecule has 2 rings (SSSR count). The first-order valence-electron chi connectivity index (χ1n) is 6.87. The molecule has 2 N–H and O–H groups in total. The third-order valence-electron chi connectivity index (χ3n) is 3.19. The van der Waals surface area contributed by atoms with Crippen LogP contribution in [0, 0.1) is 5.92 Å². The standard InChI is InChI=1S/C15H24N2O/c1-12(2)11-17(14-5-6-14)9-10-18-15-7-3-13(16)4-8-15/h3-4,7-8,12,14H,5-6,9-11,16H2,1-2H3. The van der Waals surface area contributed by atoms with Gasteiger partial charge in [0.2, 0.25) is 0 Å². The van der Waals surface area contributed by atoms with Gasteiger partial charge in [-0.15, -0.1) is 0 Å². The Bertz CT molecular complexity index is 357. The van der Waals surface area contributed by atoms with E-state index in [2.05, 4.69) is 18.7 Å². The molecule has 0 bridgehead atoms. The van der Waals surface area contributed by atoms with E-state index in [-0.39, 0.29) is 0 Å². The number of nitrogens with two attached hydrogens (primary N) is 1. The maximum Gasteiger partial charge on any atom is 0.119 e. The minimum absolute atomic E-state index is 0.724. The molecule has 1 aliphatic rings. The summed E-state index contributed by atoms with van der Waals surface area (Å²) in [4.78, 5) is 2.56. The summed E-state index contributed by atoms with van der Waals surface area (Å²) in [6, 6.07) is 8.42. The fourth-order valence-corrected chi connectivity index (χ4v) is 2.18. The number of rotatable bonds is 7. The average Bonchev–Trinajstić information content (AvgIpc) is 3.14. The van der Waals surface area contributed by atoms with Crippen LogP contribution in [0.4, 0.5) is 5.69 Å². The zero-order valence-corrected chi connectivity index (χ0v) is 11.4. The predicted molar refractivity (Wildman–Crippen MR) is 75.8 cm³/mol. The molecule has 0 radical (unpaired) electrons. The minimum atomic E-state index is 0.724. The largest absolute Gasteiger partial charge is 0.492 e. The lowest BCUT2D eigenvalue weighted by Gasteiger charge is -2.23. The summed E-state index contributed by atoms with van der Waals surface area (Å²) in [6.45, 7) is 7.50. The van der Waals surface area contributed by atoms with Gasteiger partial charge in [-0.2, -0.15) is 0 Å². The highest BCUT2D eigenvalue weighted by Gasteiger charge is 2.28. The quantitative estimate of drug-likeness (QED) is 0.754. The third kappa shape index (κ3) is 4.22. The fourth-order valence-electron chi connectivity index (χ4n) is 2.18. The van der Waals surface area contributed by atoms with E-state index in [1.807, 2.05) is 24.3 Å². The van der Waals surface area contributed by atoms with Crippen molar-refractivity contribution in [2.75, 3.05) is 25.4 Å². The molecule has 100 valence electrons. The van der Waals surface area contributed by atoms with E-state index >= 15 is 0 Å². The topological polar surface area (TPSA) is 38.5 Å². The molecule has 0 atom stereocenters. The van der Waals surface area contributed by atoms with Gasteiger partial charge in [0, 0.05) is 24.8 Å². The van der Waals surface area contributed by atoms with Crippen LogP contribution in [0.2, 0.25) is 0 Å². The molecule has 1 aliphatic carbocycles. The van der Waals surface area contributed by atoms with Crippen LogP contribution < -0.4 is 10.5 Å². The van der Waals surface area contributed by atoms with Gasteiger partial charge in [0.05, 0.1) is 0 Å². The van der Waals surface area contributed by atoms with Crippen molar-refractivity contribution in [3.63, 3.8) is 0 Å². The first-order valence-corrected chi connectivity index (χ1v) is 6.87. The van der Waals surface area contributed by atoms with Gasteiger partial charge in [0.25, 0.3) is 0 Å². The van der Waals surface area contributed by atoms with Crippen LogP contribution in [0.3, 0.4) is 0 Å². The molecule has 0 saturated heterocycles. The summed E-state index contributed by atoms with van der Waals surface area (Å²) in [5.41, 5.74) is 6.42. The van der Waals surface area contributed by atoms with Crippen LogP contribution in [-0.4, -0.2) is 30.6 Å². The molecular weight excluding hydrogens is 224 g/mol. The van der Waals surface area contributed by atoms with Gasteiger partial charge >= 0.3 is 0 Å². The molecule has 1 fully saturated rings. The Kier molecular flexibility index (Phi) is 4.48. The van der Waals surface area contributed by atoms with E-state index in [1.54, 1.807) is 0 Å². The van der Waals surface area contributed by atoms with Crippen molar-refractivity contribution < 1.29 is 4.74 Å². The van der Waals surface area contributed by atoms with Crippen molar-refractivity contribution in [2.24, 2.45) is 5.92 Å². The molecule has 1 aromatic carbocycles. The molecule has 0 unspecified atom stereocenters. The molecule has 0 heterocycles. The molecule has 18 heavy (non-hydrogen) atoms. The second kappa shape index (κ2) is 6.10. The van der Waals surface area contributed by atoms with Crippen molar-refractivity contribution in [2.45, 2.75) is 32.7 Å². The number of ether oxygens (including phenoxy) is 1. The zero-order chi connectivity index (χ0) is 13.0. The summed E-state index contributed by atoms with van der Waals surface area (Å²) in [7, 11) is 0. The van der Waals surface area contributed by atoms with Gasteiger partial charge in [0.1, 0.15) is 12.4 Å². The SMILES string of the molecule is CC(C)CN(CCOc1ccc(N)cc1)C1CC1. The minimum Gasteiger partial charge on any atom is -0.492 e. The fraction of sp³-hybridized carbons (Fsp3) is 0.600. The Morgan fingerprint density at radius 3 is 2.50 bits per heavy atom. The normalized spacial score (nSPS) is 15.3. The van der Waals surface area contributed by atoms with Crippen molar-refractivity contribution in [1.82, 2.24) is 4.90 Å². The predicted octanol–water partition coefficient (Wildman–Crippen LogP) is 2.77. The van der Waals surface area contributed by atoms with Crippen LogP contribution in [0.25, 0.3) is 0 Å². The summed E-state index contributed by atoms with van der Waals surface area (Å²) in [6.07, 6.45) is 2.71. The van der Waals surface area contributed by atoms with Crippen LogP contribution in [0.1, 0.15) is 26.7 Å². The molecular formula is C15H24N2O. The second-order valence-electron chi connectivity index (χ2n) is 5.54. The number of nitrogen functional groups attached to an aromatic ring is 1. The zero-order valence-electron chi connectivity index (χ0n) is 11.4. The maximum absolute atomic E-state index is 5.75. The van der Waals surface area contributed by atoms with Crippen LogP contribution in [0.15, 0.2) is 24.3 Å². The Balaban J connectivity index is 1.74. The third-order valence-corrected chi connectivity index (χ3v) is 3.19. The monoisotopic (exact) mass is 248 g/mol. The van der Waals surface area contributed by atoms with Gasteiger partial charge in [-0.25, -0.2) is 0 Å². The van der Waals surface area contributed by atoms with E-state index < -0.39 is 0 Å².